The Bertz CT molecular complexity index is 911. The summed E-state index contributed by atoms with van der Waals surface area (Å²) >= 11 is 5.11. The monoisotopic (exact) mass is 407 g/mol. The number of thiocarbonyl (C=S) groups is 1. The van der Waals surface area contributed by atoms with Crippen LogP contribution < -0.4 is 20.5 Å². The molecule has 0 saturated heterocycles. The van der Waals surface area contributed by atoms with E-state index in [1.165, 1.54) is 24.3 Å². The van der Waals surface area contributed by atoms with Gasteiger partial charge in [0.1, 0.15) is 5.75 Å². The molecule has 7 nitrogen and oxygen atoms in total. The number of ether oxygens (including phenoxy) is 1. The number of anilines is 1. The van der Waals surface area contributed by atoms with Crippen LogP contribution in [0, 0.1) is 0 Å². The molecule has 144 valence electrons. The zero-order chi connectivity index (χ0) is 20.0. The van der Waals surface area contributed by atoms with E-state index in [4.69, 9.17) is 22.1 Å². The first kappa shape index (κ1) is 20.8. The fourth-order valence-electron chi connectivity index (χ4n) is 2.07. The Kier molecular flexibility index (Phi) is 6.89. The van der Waals surface area contributed by atoms with Crippen molar-refractivity contribution in [3.63, 3.8) is 0 Å². The fraction of sp³-hybridized carbons (Fsp3) is 0.222. The molecule has 2 aromatic carbocycles. The van der Waals surface area contributed by atoms with E-state index in [-0.39, 0.29) is 22.0 Å². The van der Waals surface area contributed by atoms with Crippen LogP contribution in [0.5, 0.6) is 5.75 Å². The molecule has 0 fully saturated rings. The second-order valence-electron chi connectivity index (χ2n) is 5.84. The van der Waals surface area contributed by atoms with E-state index >= 15 is 0 Å². The lowest BCUT2D eigenvalue weighted by Gasteiger charge is -2.13. The Hall–Kier alpha value is -2.49. The summed E-state index contributed by atoms with van der Waals surface area (Å²) in [4.78, 5) is 12.2. The Morgan fingerprint density at radius 2 is 1.74 bits per heavy atom. The van der Waals surface area contributed by atoms with E-state index < -0.39 is 10.0 Å². The first-order chi connectivity index (χ1) is 12.7. The third kappa shape index (κ3) is 6.31. The van der Waals surface area contributed by atoms with Gasteiger partial charge in [0.15, 0.2) is 5.11 Å². The van der Waals surface area contributed by atoms with Crippen LogP contribution in [0.4, 0.5) is 5.69 Å². The summed E-state index contributed by atoms with van der Waals surface area (Å²) in [6, 6.07) is 12.4. The highest BCUT2D eigenvalue weighted by atomic mass is 32.2. The van der Waals surface area contributed by atoms with E-state index in [1.54, 1.807) is 24.3 Å². The Morgan fingerprint density at radius 1 is 1.15 bits per heavy atom. The lowest BCUT2D eigenvalue weighted by atomic mass is 10.2. The molecule has 2 rings (SSSR count). The molecule has 9 heteroatoms. The lowest BCUT2D eigenvalue weighted by molar-refractivity contribution is 0.0977. The molecule has 1 atom stereocenters. The van der Waals surface area contributed by atoms with Crippen molar-refractivity contribution in [1.82, 2.24) is 5.32 Å². The van der Waals surface area contributed by atoms with Gasteiger partial charge in [-0.3, -0.25) is 10.1 Å². The van der Waals surface area contributed by atoms with Crippen molar-refractivity contribution in [2.45, 2.75) is 31.3 Å². The maximum absolute atomic E-state index is 12.2. The minimum atomic E-state index is -3.76. The molecule has 1 unspecified atom stereocenters. The number of hydrogen-bond donors (Lipinski definition) is 3. The van der Waals surface area contributed by atoms with Crippen LogP contribution >= 0.6 is 12.2 Å². The van der Waals surface area contributed by atoms with Gasteiger partial charge in [-0.05, 0) is 74.1 Å². The summed E-state index contributed by atoms with van der Waals surface area (Å²) < 4.78 is 28.1. The second-order valence-corrected chi connectivity index (χ2v) is 7.81. The summed E-state index contributed by atoms with van der Waals surface area (Å²) in [6.45, 7) is 4.00. The number of carbonyl (C=O) groups excluding carboxylic acids is 1. The number of rotatable bonds is 6. The average Bonchev–Trinajstić information content (AvgIpc) is 2.61. The quantitative estimate of drug-likeness (QED) is 0.635. The summed E-state index contributed by atoms with van der Waals surface area (Å²) in [5.41, 5.74) is 0.949. The lowest BCUT2D eigenvalue weighted by Crippen LogP contribution is -2.34. The minimum Gasteiger partial charge on any atom is -0.491 e. The largest absolute Gasteiger partial charge is 0.491 e. The predicted molar refractivity (Wildman–Crippen MR) is 108 cm³/mol. The van der Waals surface area contributed by atoms with Crippen LogP contribution in [0.1, 0.15) is 30.6 Å². The first-order valence-electron chi connectivity index (χ1n) is 8.21. The zero-order valence-corrected chi connectivity index (χ0v) is 16.6. The smallest absolute Gasteiger partial charge is 0.257 e. The summed E-state index contributed by atoms with van der Waals surface area (Å²) in [5, 5.41) is 10.5. The van der Waals surface area contributed by atoms with E-state index in [0.29, 0.717) is 17.0 Å². The van der Waals surface area contributed by atoms with Crippen molar-refractivity contribution in [1.29, 1.82) is 0 Å². The minimum absolute atomic E-state index is 0.0114. The summed E-state index contributed by atoms with van der Waals surface area (Å²) in [5.74, 6) is 0.320. The number of amides is 1. The molecule has 0 saturated carbocycles. The van der Waals surface area contributed by atoms with Gasteiger partial charge in [0.2, 0.25) is 10.0 Å². The summed E-state index contributed by atoms with van der Waals surface area (Å²) in [6.07, 6.45) is 0.988. The highest BCUT2D eigenvalue weighted by Gasteiger charge is 2.10. The van der Waals surface area contributed by atoms with E-state index in [1.807, 2.05) is 13.8 Å². The molecule has 0 aliphatic carbocycles. The van der Waals surface area contributed by atoms with E-state index in [0.717, 1.165) is 6.42 Å². The Morgan fingerprint density at radius 3 is 2.26 bits per heavy atom. The third-order valence-corrected chi connectivity index (χ3v) is 4.83. The molecule has 2 aromatic rings. The van der Waals surface area contributed by atoms with Crippen LogP contribution in [0.3, 0.4) is 0 Å². The molecule has 0 spiro atoms. The molecular weight excluding hydrogens is 386 g/mol. The normalized spacial score (nSPS) is 12.1. The van der Waals surface area contributed by atoms with Crippen molar-refractivity contribution in [2.75, 3.05) is 5.32 Å². The van der Waals surface area contributed by atoms with Crippen LogP contribution in [-0.2, 0) is 10.0 Å². The van der Waals surface area contributed by atoms with Gasteiger partial charge in [-0.1, -0.05) is 6.92 Å². The standard InChI is InChI=1S/C18H21N3O4S2/c1-3-12(2)25-15-8-4-13(5-9-15)17(22)21-18(26)20-14-6-10-16(11-7-14)27(19,23)24/h4-12H,3H2,1-2H3,(H2,19,23,24)(H2,20,21,22,26). The number of nitrogens with two attached hydrogens (primary N) is 1. The second kappa shape index (κ2) is 8.94. The number of sulfonamides is 1. The number of hydrogen-bond acceptors (Lipinski definition) is 5. The molecule has 0 aliphatic heterocycles. The van der Waals surface area contributed by atoms with Crippen molar-refractivity contribution >= 4 is 38.9 Å². The Balaban J connectivity index is 1.94. The molecule has 4 N–H and O–H groups in total. The molecular formula is C18H21N3O4S2. The number of carbonyl (C=O) groups is 1. The SMILES string of the molecule is CCC(C)Oc1ccc(C(=O)NC(=S)Nc2ccc(S(N)(=O)=O)cc2)cc1. The number of nitrogens with one attached hydrogen (secondary N) is 2. The number of benzene rings is 2. The first-order valence-corrected chi connectivity index (χ1v) is 10.2. The van der Waals surface area contributed by atoms with Gasteiger partial charge in [0.25, 0.3) is 5.91 Å². The van der Waals surface area contributed by atoms with Gasteiger partial charge in [-0.15, -0.1) is 0 Å². The van der Waals surface area contributed by atoms with Crippen molar-refractivity contribution in [3.8, 4) is 5.75 Å². The van der Waals surface area contributed by atoms with Crippen LogP contribution in [0.15, 0.2) is 53.4 Å². The van der Waals surface area contributed by atoms with Gasteiger partial charge in [0.05, 0.1) is 11.0 Å². The van der Waals surface area contributed by atoms with E-state index in [2.05, 4.69) is 10.6 Å². The number of primary sulfonamides is 1. The molecule has 0 heterocycles. The van der Waals surface area contributed by atoms with Gasteiger partial charge in [0, 0.05) is 11.3 Å². The molecule has 0 bridgehead atoms. The third-order valence-electron chi connectivity index (χ3n) is 3.70. The zero-order valence-electron chi connectivity index (χ0n) is 14.9. The van der Waals surface area contributed by atoms with Gasteiger partial charge in [-0.2, -0.15) is 0 Å². The molecule has 27 heavy (non-hydrogen) atoms. The maximum Gasteiger partial charge on any atom is 0.257 e. The van der Waals surface area contributed by atoms with Crippen LogP contribution in [0.25, 0.3) is 0 Å². The fourth-order valence-corrected chi connectivity index (χ4v) is 2.79. The van der Waals surface area contributed by atoms with E-state index in [9.17, 15) is 13.2 Å². The molecule has 1 amide bonds. The maximum atomic E-state index is 12.2. The topological polar surface area (TPSA) is 111 Å². The van der Waals surface area contributed by atoms with Crippen molar-refractivity contribution in [3.05, 3.63) is 54.1 Å². The molecule has 0 aromatic heterocycles. The van der Waals surface area contributed by atoms with Crippen LogP contribution in [-0.4, -0.2) is 25.5 Å². The van der Waals surface area contributed by atoms with Crippen molar-refractivity contribution in [2.24, 2.45) is 5.14 Å². The summed E-state index contributed by atoms with van der Waals surface area (Å²) in [7, 11) is -3.76. The molecule has 0 radical (unpaired) electrons. The predicted octanol–water partition coefficient (Wildman–Crippen LogP) is 2.64. The van der Waals surface area contributed by atoms with Crippen LogP contribution in [0.2, 0.25) is 0 Å². The highest BCUT2D eigenvalue weighted by Crippen LogP contribution is 2.15. The van der Waals surface area contributed by atoms with Gasteiger partial charge < -0.3 is 10.1 Å². The van der Waals surface area contributed by atoms with Gasteiger partial charge in [-0.25, -0.2) is 13.6 Å². The average molecular weight is 408 g/mol. The van der Waals surface area contributed by atoms with Gasteiger partial charge >= 0.3 is 0 Å². The highest BCUT2D eigenvalue weighted by molar-refractivity contribution is 7.89. The molecule has 0 aliphatic rings. The Labute approximate surface area is 164 Å². The van der Waals surface area contributed by atoms with Crippen molar-refractivity contribution < 1.29 is 17.9 Å².